The van der Waals surface area contributed by atoms with Gasteiger partial charge in [0.15, 0.2) is 0 Å². The van der Waals surface area contributed by atoms with Crippen LogP contribution in [0.15, 0.2) is 0 Å². The van der Waals surface area contributed by atoms with E-state index in [9.17, 15) is 0 Å². The summed E-state index contributed by atoms with van der Waals surface area (Å²) in [6.07, 6.45) is 10.9. The predicted octanol–water partition coefficient (Wildman–Crippen LogP) is 3.42. The van der Waals surface area contributed by atoms with Crippen LogP contribution in [0.3, 0.4) is 0 Å². The van der Waals surface area contributed by atoms with Crippen LogP contribution >= 0.6 is 0 Å². The van der Waals surface area contributed by atoms with Gasteiger partial charge in [0.05, 0.1) is 0 Å². The Balaban J connectivity index is 2.36. The normalized spacial score (nSPS) is 21.7. The van der Waals surface area contributed by atoms with Gasteiger partial charge in [0.25, 0.3) is 0 Å². The molecule has 0 aromatic rings. The van der Waals surface area contributed by atoms with Crippen molar-refractivity contribution < 1.29 is 0 Å². The first kappa shape index (κ1) is 15.0. The second kappa shape index (κ2) is 7.38. The number of hydrogen-bond acceptors (Lipinski definition) is 2. The second-order valence-electron chi connectivity index (χ2n) is 5.96. The van der Waals surface area contributed by atoms with Crippen molar-refractivity contribution in [3.63, 3.8) is 0 Å². The fourth-order valence-electron chi connectivity index (χ4n) is 3.10. The molecule has 0 radical (unpaired) electrons. The van der Waals surface area contributed by atoms with E-state index in [2.05, 4.69) is 38.2 Å². The first-order chi connectivity index (χ1) is 8.13. The molecule has 0 bridgehead atoms. The van der Waals surface area contributed by atoms with Crippen LogP contribution in [0.25, 0.3) is 0 Å². The van der Waals surface area contributed by atoms with E-state index in [0.29, 0.717) is 5.54 Å². The number of nitrogens with one attached hydrogen (secondary N) is 1. The van der Waals surface area contributed by atoms with Gasteiger partial charge in [-0.3, -0.25) is 0 Å². The molecule has 1 rings (SSSR count). The highest BCUT2D eigenvalue weighted by Gasteiger charge is 2.30. The molecule has 0 aromatic carbocycles. The molecule has 1 atom stereocenters. The Morgan fingerprint density at radius 2 is 1.88 bits per heavy atom. The quantitative estimate of drug-likeness (QED) is 0.733. The highest BCUT2D eigenvalue weighted by molar-refractivity contribution is 4.90. The fraction of sp³-hybridized carbons (Fsp3) is 1.00. The summed E-state index contributed by atoms with van der Waals surface area (Å²) < 4.78 is 0. The number of rotatable bonds is 7. The van der Waals surface area contributed by atoms with Gasteiger partial charge in [-0.1, -0.05) is 32.6 Å². The summed E-state index contributed by atoms with van der Waals surface area (Å²) in [4.78, 5) is 2.54. The van der Waals surface area contributed by atoms with Crippen molar-refractivity contribution in [2.24, 2.45) is 0 Å². The van der Waals surface area contributed by atoms with Gasteiger partial charge in [0, 0.05) is 11.6 Å². The van der Waals surface area contributed by atoms with Crippen molar-refractivity contribution >= 4 is 0 Å². The lowest BCUT2D eigenvalue weighted by molar-refractivity contribution is 0.172. The molecular formula is C15H32N2. The third-order valence-electron chi connectivity index (χ3n) is 4.74. The smallest absolute Gasteiger partial charge is 0.0190 e. The Morgan fingerprint density at radius 3 is 2.41 bits per heavy atom. The van der Waals surface area contributed by atoms with Crippen LogP contribution in [0.2, 0.25) is 0 Å². The molecule has 0 aliphatic heterocycles. The summed E-state index contributed by atoms with van der Waals surface area (Å²) in [6.45, 7) is 5.87. The SMILES string of the molecule is CCCC(C)N(C)CCC1(NC)CCCCC1. The monoisotopic (exact) mass is 240 g/mol. The van der Waals surface area contributed by atoms with Crippen molar-refractivity contribution in [1.82, 2.24) is 10.2 Å². The van der Waals surface area contributed by atoms with Crippen LogP contribution in [0.5, 0.6) is 0 Å². The maximum Gasteiger partial charge on any atom is 0.0190 e. The molecule has 2 nitrogen and oxygen atoms in total. The second-order valence-corrected chi connectivity index (χ2v) is 5.96. The van der Waals surface area contributed by atoms with E-state index in [4.69, 9.17) is 0 Å². The van der Waals surface area contributed by atoms with Gasteiger partial charge < -0.3 is 10.2 Å². The third-order valence-corrected chi connectivity index (χ3v) is 4.74. The molecule has 0 aromatic heterocycles. The van der Waals surface area contributed by atoms with E-state index in [1.807, 2.05) is 0 Å². The van der Waals surface area contributed by atoms with E-state index in [0.717, 1.165) is 6.04 Å². The topological polar surface area (TPSA) is 15.3 Å². The molecule has 0 spiro atoms. The maximum atomic E-state index is 3.62. The molecule has 1 aliphatic carbocycles. The van der Waals surface area contributed by atoms with Crippen LogP contribution < -0.4 is 5.32 Å². The molecule has 2 heteroatoms. The van der Waals surface area contributed by atoms with Crippen molar-refractivity contribution in [3.05, 3.63) is 0 Å². The van der Waals surface area contributed by atoms with Crippen molar-refractivity contribution in [1.29, 1.82) is 0 Å². The summed E-state index contributed by atoms with van der Waals surface area (Å²) in [5.41, 5.74) is 0.443. The number of hydrogen-bond donors (Lipinski definition) is 1. The van der Waals surface area contributed by atoms with Crippen molar-refractivity contribution in [2.45, 2.75) is 76.8 Å². The van der Waals surface area contributed by atoms with Crippen molar-refractivity contribution in [3.8, 4) is 0 Å². The Kier molecular flexibility index (Phi) is 6.50. The van der Waals surface area contributed by atoms with Gasteiger partial charge in [-0.2, -0.15) is 0 Å². The minimum absolute atomic E-state index is 0.443. The zero-order valence-electron chi connectivity index (χ0n) is 12.4. The van der Waals surface area contributed by atoms with Gasteiger partial charge in [0.1, 0.15) is 0 Å². The van der Waals surface area contributed by atoms with Gasteiger partial charge in [-0.15, -0.1) is 0 Å². The predicted molar refractivity (Wildman–Crippen MR) is 76.5 cm³/mol. The standard InChI is InChI=1S/C15H32N2/c1-5-9-14(2)17(4)13-12-15(16-3)10-7-6-8-11-15/h14,16H,5-13H2,1-4H3. The third kappa shape index (κ3) is 4.59. The lowest BCUT2D eigenvalue weighted by atomic mass is 9.79. The molecule has 102 valence electrons. The van der Waals surface area contributed by atoms with E-state index < -0.39 is 0 Å². The molecule has 1 fully saturated rings. The summed E-state index contributed by atoms with van der Waals surface area (Å²) in [5, 5.41) is 3.62. The zero-order valence-corrected chi connectivity index (χ0v) is 12.4. The van der Waals surface area contributed by atoms with E-state index in [1.54, 1.807) is 0 Å². The van der Waals surface area contributed by atoms with Crippen LogP contribution in [0, 0.1) is 0 Å². The highest BCUT2D eigenvalue weighted by atomic mass is 15.1. The van der Waals surface area contributed by atoms with E-state index in [-0.39, 0.29) is 0 Å². The summed E-state index contributed by atoms with van der Waals surface area (Å²) in [7, 11) is 4.44. The largest absolute Gasteiger partial charge is 0.314 e. The Bertz CT molecular complexity index is 197. The Labute approximate surface area is 108 Å². The first-order valence-corrected chi connectivity index (χ1v) is 7.53. The summed E-state index contributed by atoms with van der Waals surface area (Å²) >= 11 is 0. The minimum Gasteiger partial charge on any atom is -0.314 e. The van der Waals surface area contributed by atoms with Crippen LogP contribution in [0.1, 0.15) is 65.2 Å². The first-order valence-electron chi connectivity index (χ1n) is 7.53. The molecule has 1 unspecified atom stereocenters. The van der Waals surface area contributed by atoms with Gasteiger partial charge >= 0.3 is 0 Å². The Morgan fingerprint density at radius 1 is 1.24 bits per heavy atom. The minimum atomic E-state index is 0.443. The Hall–Kier alpha value is -0.0800. The average Bonchev–Trinajstić information content (AvgIpc) is 2.37. The van der Waals surface area contributed by atoms with Crippen molar-refractivity contribution in [2.75, 3.05) is 20.6 Å². The molecule has 0 heterocycles. The zero-order chi connectivity index (χ0) is 12.7. The van der Waals surface area contributed by atoms with Crippen LogP contribution in [-0.4, -0.2) is 37.1 Å². The maximum absolute atomic E-state index is 3.62. The van der Waals surface area contributed by atoms with Crippen LogP contribution in [0.4, 0.5) is 0 Å². The highest BCUT2D eigenvalue weighted by Crippen LogP contribution is 2.30. The summed E-state index contributed by atoms with van der Waals surface area (Å²) in [5.74, 6) is 0. The molecule has 17 heavy (non-hydrogen) atoms. The molecule has 1 N–H and O–H groups in total. The van der Waals surface area contributed by atoms with Crippen LogP contribution in [-0.2, 0) is 0 Å². The number of nitrogens with zero attached hydrogens (tertiary/aromatic N) is 1. The molecule has 1 aliphatic rings. The average molecular weight is 240 g/mol. The molecule has 0 saturated heterocycles. The lowest BCUT2D eigenvalue weighted by Gasteiger charge is -2.39. The molecule has 0 amide bonds. The van der Waals surface area contributed by atoms with E-state index in [1.165, 1.54) is 57.9 Å². The fourth-order valence-corrected chi connectivity index (χ4v) is 3.10. The molecule has 1 saturated carbocycles. The van der Waals surface area contributed by atoms with E-state index >= 15 is 0 Å². The molecular weight excluding hydrogens is 208 g/mol. The van der Waals surface area contributed by atoms with Gasteiger partial charge in [0.2, 0.25) is 0 Å². The van der Waals surface area contributed by atoms with Gasteiger partial charge in [-0.05, 0) is 53.2 Å². The lowest BCUT2D eigenvalue weighted by Crippen LogP contribution is -2.47. The summed E-state index contributed by atoms with van der Waals surface area (Å²) in [6, 6.07) is 0.734. The van der Waals surface area contributed by atoms with Gasteiger partial charge in [-0.25, -0.2) is 0 Å².